The summed E-state index contributed by atoms with van der Waals surface area (Å²) in [5.41, 5.74) is 1.98. The first-order valence-corrected chi connectivity index (χ1v) is 7.33. The second-order valence-corrected chi connectivity index (χ2v) is 5.93. The van der Waals surface area contributed by atoms with Gasteiger partial charge in [0.15, 0.2) is 0 Å². The number of thiazole rings is 1. The Morgan fingerprint density at radius 3 is 2.79 bits per heavy atom. The minimum Gasteiger partial charge on any atom is -0.476 e. The molecule has 6 heteroatoms. The molecular weight excluding hydrogens is 328 g/mol. The highest BCUT2D eigenvalue weighted by Gasteiger charge is 2.11. The van der Waals surface area contributed by atoms with Crippen LogP contribution in [-0.2, 0) is 13.1 Å². The number of aromatic nitrogens is 1. The lowest BCUT2D eigenvalue weighted by molar-refractivity contribution is 0.0696. The molecule has 0 saturated heterocycles. The van der Waals surface area contributed by atoms with Gasteiger partial charge in [0.1, 0.15) is 0 Å². The van der Waals surface area contributed by atoms with Gasteiger partial charge in [-0.3, -0.25) is 4.90 Å². The van der Waals surface area contributed by atoms with Gasteiger partial charge in [0, 0.05) is 22.9 Å². The average Bonchev–Trinajstić information content (AvgIpc) is 2.80. The van der Waals surface area contributed by atoms with Crippen LogP contribution < -0.4 is 0 Å². The normalized spacial score (nSPS) is 10.9. The van der Waals surface area contributed by atoms with Crippen molar-refractivity contribution in [3.05, 3.63) is 50.4 Å². The summed E-state index contributed by atoms with van der Waals surface area (Å²) in [6.45, 7) is 1.41. The number of hydrogen-bond acceptors (Lipinski definition) is 4. The van der Waals surface area contributed by atoms with Crippen molar-refractivity contribution in [2.45, 2.75) is 13.1 Å². The number of carboxylic acid groups (broad SMARTS) is 1. The third-order valence-electron chi connectivity index (χ3n) is 2.56. The van der Waals surface area contributed by atoms with Crippen molar-refractivity contribution in [1.29, 1.82) is 0 Å². The van der Waals surface area contributed by atoms with E-state index in [0.29, 0.717) is 6.54 Å². The van der Waals surface area contributed by atoms with E-state index in [9.17, 15) is 4.79 Å². The van der Waals surface area contributed by atoms with Crippen LogP contribution >= 0.6 is 27.3 Å². The standard InChI is InChI=1S/C13H13BrN2O2S/c1-16(6-9-4-2-3-5-11(9)14)7-10-8-19-12(15-10)13(17)18/h2-5,8H,6-7H2,1H3,(H,17,18). The fourth-order valence-electron chi connectivity index (χ4n) is 1.73. The van der Waals surface area contributed by atoms with E-state index in [2.05, 4.69) is 31.9 Å². The molecule has 0 unspecified atom stereocenters. The molecule has 0 radical (unpaired) electrons. The number of rotatable bonds is 5. The zero-order valence-electron chi connectivity index (χ0n) is 10.3. The van der Waals surface area contributed by atoms with E-state index in [0.717, 1.165) is 28.0 Å². The third-order valence-corrected chi connectivity index (χ3v) is 4.22. The molecule has 4 nitrogen and oxygen atoms in total. The van der Waals surface area contributed by atoms with E-state index < -0.39 is 5.97 Å². The van der Waals surface area contributed by atoms with E-state index >= 15 is 0 Å². The summed E-state index contributed by atoms with van der Waals surface area (Å²) < 4.78 is 1.08. The molecule has 0 aliphatic heterocycles. The fraction of sp³-hybridized carbons (Fsp3) is 0.231. The zero-order valence-corrected chi connectivity index (χ0v) is 12.7. The highest BCUT2D eigenvalue weighted by molar-refractivity contribution is 9.10. The molecule has 0 saturated carbocycles. The SMILES string of the molecule is CN(Cc1csc(C(=O)O)n1)Cc1ccccc1Br. The minimum atomic E-state index is -0.968. The molecule has 2 aromatic rings. The Hall–Kier alpha value is -1.24. The van der Waals surface area contributed by atoms with Crippen LogP contribution in [0.25, 0.3) is 0 Å². The molecule has 0 atom stereocenters. The predicted molar refractivity (Wildman–Crippen MR) is 78.4 cm³/mol. The Morgan fingerprint density at radius 2 is 2.16 bits per heavy atom. The summed E-state index contributed by atoms with van der Waals surface area (Å²) in [4.78, 5) is 16.9. The van der Waals surface area contributed by atoms with Crippen molar-refractivity contribution in [1.82, 2.24) is 9.88 Å². The minimum absolute atomic E-state index is 0.143. The highest BCUT2D eigenvalue weighted by Crippen LogP contribution is 2.18. The smallest absolute Gasteiger partial charge is 0.365 e. The second-order valence-electron chi connectivity index (χ2n) is 4.21. The number of halogens is 1. The fourth-order valence-corrected chi connectivity index (χ4v) is 2.78. The number of carbonyl (C=O) groups is 1. The van der Waals surface area contributed by atoms with Crippen LogP contribution in [0.1, 0.15) is 21.1 Å². The van der Waals surface area contributed by atoms with Crippen molar-refractivity contribution in [3.8, 4) is 0 Å². The lowest BCUT2D eigenvalue weighted by Gasteiger charge is -2.16. The van der Waals surface area contributed by atoms with Crippen LogP contribution in [0.4, 0.5) is 0 Å². The Labute approximate surface area is 123 Å². The Bertz CT molecular complexity index is 586. The number of hydrogen-bond donors (Lipinski definition) is 1. The molecule has 2 rings (SSSR count). The summed E-state index contributed by atoms with van der Waals surface area (Å²) in [6, 6.07) is 8.05. The molecular formula is C13H13BrN2O2S. The number of nitrogens with zero attached hydrogens (tertiary/aromatic N) is 2. The second kappa shape index (κ2) is 6.27. The molecule has 1 N–H and O–H groups in total. The van der Waals surface area contributed by atoms with Gasteiger partial charge < -0.3 is 5.11 Å². The maximum Gasteiger partial charge on any atom is 0.365 e. The molecule has 0 spiro atoms. The average molecular weight is 341 g/mol. The number of aromatic carboxylic acids is 1. The van der Waals surface area contributed by atoms with Crippen LogP contribution in [0.2, 0.25) is 0 Å². The van der Waals surface area contributed by atoms with Gasteiger partial charge >= 0.3 is 5.97 Å². The first kappa shape index (κ1) is 14.2. The van der Waals surface area contributed by atoms with E-state index in [4.69, 9.17) is 5.11 Å². The van der Waals surface area contributed by atoms with Crippen molar-refractivity contribution < 1.29 is 9.90 Å². The highest BCUT2D eigenvalue weighted by atomic mass is 79.9. The van der Waals surface area contributed by atoms with Crippen LogP contribution in [-0.4, -0.2) is 28.0 Å². The molecule has 100 valence electrons. The molecule has 1 heterocycles. The van der Waals surface area contributed by atoms with E-state index in [1.807, 2.05) is 25.2 Å². The maximum absolute atomic E-state index is 10.8. The summed E-state index contributed by atoms with van der Waals surface area (Å²) in [6.07, 6.45) is 0. The number of benzene rings is 1. The van der Waals surface area contributed by atoms with Gasteiger partial charge in [-0.1, -0.05) is 34.1 Å². The Kier molecular flexibility index (Phi) is 4.68. The number of carboxylic acids is 1. The summed E-state index contributed by atoms with van der Waals surface area (Å²) in [7, 11) is 1.99. The monoisotopic (exact) mass is 340 g/mol. The van der Waals surface area contributed by atoms with Crippen LogP contribution in [0, 0.1) is 0 Å². The van der Waals surface area contributed by atoms with Gasteiger partial charge in [0.25, 0.3) is 0 Å². The summed E-state index contributed by atoms with van der Waals surface area (Å²) in [5, 5.41) is 10.8. The predicted octanol–water partition coefficient (Wildman–Crippen LogP) is 3.24. The lowest BCUT2D eigenvalue weighted by Crippen LogP contribution is -2.17. The van der Waals surface area contributed by atoms with Gasteiger partial charge in [0.05, 0.1) is 5.69 Å². The van der Waals surface area contributed by atoms with E-state index in [1.54, 1.807) is 5.38 Å². The van der Waals surface area contributed by atoms with Crippen molar-refractivity contribution in [2.24, 2.45) is 0 Å². The molecule has 19 heavy (non-hydrogen) atoms. The molecule has 0 bridgehead atoms. The van der Waals surface area contributed by atoms with Gasteiger partial charge in [-0.15, -0.1) is 11.3 Å². The molecule has 0 aliphatic carbocycles. The van der Waals surface area contributed by atoms with Gasteiger partial charge in [-0.05, 0) is 18.7 Å². The zero-order chi connectivity index (χ0) is 13.8. The van der Waals surface area contributed by atoms with Gasteiger partial charge in [-0.2, -0.15) is 0 Å². The van der Waals surface area contributed by atoms with E-state index in [-0.39, 0.29) is 5.01 Å². The quantitative estimate of drug-likeness (QED) is 0.907. The van der Waals surface area contributed by atoms with Crippen LogP contribution in [0.5, 0.6) is 0 Å². The largest absolute Gasteiger partial charge is 0.476 e. The molecule has 0 amide bonds. The molecule has 0 aliphatic rings. The molecule has 1 aromatic carbocycles. The van der Waals surface area contributed by atoms with Crippen LogP contribution in [0.15, 0.2) is 34.1 Å². The first-order valence-electron chi connectivity index (χ1n) is 5.66. The van der Waals surface area contributed by atoms with E-state index in [1.165, 1.54) is 5.56 Å². The Morgan fingerprint density at radius 1 is 1.42 bits per heavy atom. The molecule has 1 aromatic heterocycles. The summed E-state index contributed by atoms with van der Waals surface area (Å²) in [5.74, 6) is -0.968. The first-order chi connectivity index (χ1) is 9.06. The Balaban J connectivity index is 1.99. The topological polar surface area (TPSA) is 53.4 Å². The van der Waals surface area contributed by atoms with Gasteiger partial charge in [0.2, 0.25) is 5.01 Å². The molecule has 0 fully saturated rings. The van der Waals surface area contributed by atoms with Crippen molar-refractivity contribution >= 4 is 33.2 Å². The maximum atomic E-state index is 10.8. The third kappa shape index (κ3) is 3.86. The van der Waals surface area contributed by atoms with Crippen LogP contribution in [0.3, 0.4) is 0 Å². The summed E-state index contributed by atoms with van der Waals surface area (Å²) >= 11 is 4.68. The van der Waals surface area contributed by atoms with Gasteiger partial charge in [-0.25, -0.2) is 9.78 Å². The van der Waals surface area contributed by atoms with Crippen molar-refractivity contribution in [2.75, 3.05) is 7.05 Å². The lowest BCUT2D eigenvalue weighted by atomic mass is 10.2. The van der Waals surface area contributed by atoms with Crippen molar-refractivity contribution in [3.63, 3.8) is 0 Å².